The summed E-state index contributed by atoms with van der Waals surface area (Å²) in [6.07, 6.45) is 1.40. The van der Waals surface area contributed by atoms with Crippen molar-refractivity contribution in [2.45, 2.75) is 25.2 Å². The molecule has 8 heteroatoms. The van der Waals surface area contributed by atoms with Crippen molar-refractivity contribution >= 4 is 37.6 Å². The first-order valence-electron chi connectivity index (χ1n) is 6.67. The van der Waals surface area contributed by atoms with Gasteiger partial charge in [-0.25, -0.2) is 8.42 Å². The summed E-state index contributed by atoms with van der Waals surface area (Å²) < 4.78 is 29.1. The summed E-state index contributed by atoms with van der Waals surface area (Å²) in [4.78, 5) is 14.2. The molecule has 0 amide bonds. The number of nitrogens with two attached hydrogens (primary N) is 1. The number of hydrogen-bond acceptors (Lipinski definition) is 7. The molecule has 120 valence electrons. The Morgan fingerprint density at radius 1 is 1.38 bits per heavy atom. The molecule has 0 fully saturated rings. The maximum absolute atomic E-state index is 12.1. The van der Waals surface area contributed by atoms with E-state index in [0.717, 1.165) is 17.6 Å². The Balaban J connectivity index is 3.45. The molecule has 0 atom stereocenters. The van der Waals surface area contributed by atoms with Gasteiger partial charge in [0.05, 0.1) is 17.2 Å². The molecule has 0 aliphatic rings. The zero-order chi connectivity index (χ0) is 16.2. The Labute approximate surface area is 129 Å². The fraction of sp³-hybridized carbons (Fsp3) is 0.615. The molecule has 0 bridgehead atoms. The third kappa shape index (κ3) is 3.96. The summed E-state index contributed by atoms with van der Waals surface area (Å²) >= 11 is 1.15. The molecule has 21 heavy (non-hydrogen) atoms. The van der Waals surface area contributed by atoms with Gasteiger partial charge < -0.3 is 15.4 Å². The highest BCUT2D eigenvalue weighted by atomic mass is 32.2. The van der Waals surface area contributed by atoms with Gasteiger partial charge in [-0.1, -0.05) is 6.92 Å². The number of carbonyl (C=O) groups excluding carboxylic acids is 1. The lowest BCUT2D eigenvalue weighted by Gasteiger charge is -2.22. The lowest BCUT2D eigenvalue weighted by Crippen LogP contribution is -2.27. The number of nitrogen functional groups attached to an aromatic ring is 1. The highest BCUT2D eigenvalue weighted by Crippen LogP contribution is 2.41. The van der Waals surface area contributed by atoms with Crippen LogP contribution in [-0.4, -0.2) is 47.3 Å². The van der Waals surface area contributed by atoms with Gasteiger partial charge >= 0.3 is 0 Å². The van der Waals surface area contributed by atoms with Gasteiger partial charge in [0, 0.05) is 32.9 Å². The van der Waals surface area contributed by atoms with E-state index >= 15 is 0 Å². The Bertz CT molecular complexity index is 608. The molecule has 0 radical (unpaired) electrons. The molecule has 6 nitrogen and oxygen atoms in total. The molecular formula is C13H22N2O4S2. The van der Waals surface area contributed by atoms with Crippen LogP contribution in [0.3, 0.4) is 0 Å². The first-order valence-corrected chi connectivity index (χ1v) is 9.38. The molecule has 0 saturated carbocycles. The molecule has 1 heterocycles. The molecule has 1 rings (SSSR count). The minimum Gasteiger partial charge on any atom is -0.396 e. The number of likely N-dealkylation sites (N-methyl/N-ethyl adjacent to an activating group) is 1. The van der Waals surface area contributed by atoms with Crippen molar-refractivity contribution in [2.24, 2.45) is 0 Å². The smallest absolute Gasteiger partial charge is 0.180 e. The number of rotatable bonds is 8. The number of carbonyl (C=O) groups is 1. The summed E-state index contributed by atoms with van der Waals surface area (Å²) in [5.41, 5.74) is 6.01. The SMILES string of the molecule is CCC(=O)c1sc(N(CC)CCOC)c(S(C)(=O)=O)c1N. The van der Waals surface area contributed by atoms with E-state index in [4.69, 9.17) is 10.5 Å². The minimum atomic E-state index is -3.51. The van der Waals surface area contributed by atoms with Crippen LogP contribution >= 0.6 is 11.3 Å². The van der Waals surface area contributed by atoms with Gasteiger partial charge in [0.2, 0.25) is 0 Å². The molecule has 0 unspecified atom stereocenters. The Hall–Kier alpha value is -1.12. The van der Waals surface area contributed by atoms with Crippen LogP contribution in [0.2, 0.25) is 0 Å². The molecule has 0 aliphatic heterocycles. The van der Waals surface area contributed by atoms with E-state index in [1.807, 2.05) is 11.8 Å². The summed E-state index contributed by atoms with van der Waals surface area (Å²) in [7, 11) is -1.93. The van der Waals surface area contributed by atoms with E-state index in [-0.39, 0.29) is 22.8 Å². The molecule has 0 aliphatic carbocycles. The van der Waals surface area contributed by atoms with Crippen molar-refractivity contribution < 1.29 is 17.9 Å². The Morgan fingerprint density at radius 2 is 2.00 bits per heavy atom. The standard InChI is InChI=1S/C13H22N2O4S2/c1-5-9(16)11-10(14)12(21(4,17)18)13(20-11)15(6-2)7-8-19-3/h5-8,14H2,1-4H3. The van der Waals surface area contributed by atoms with E-state index in [1.54, 1.807) is 14.0 Å². The fourth-order valence-corrected chi connectivity index (χ4v) is 4.76. The molecule has 0 spiro atoms. The summed E-state index contributed by atoms with van der Waals surface area (Å²) in [5.74, 6) is -0.142. The van der Waals surface area contributed by atoms with Crippen molar-refractivity contribution in [1.82, 2.24) is 0 Å². The fourth-order valence-electron chi connectivity index (χ4n) is 1.96. The summed E-state index contributed by atoms with van der Waals surface area (Å²) in [6.45, 7) is 5.25. The largest absolute Gasteiger partial charge is 0.396 e. The maximum Gasteiger partial charge on any atom is 0.180 e. The number of thiophene rings is 1. The number of nitrogens with zero attached hydrogens (tertiary/aromatic N) is 1. The average Bonchev–Trinajstić information content (AvgIpc) is 2.76. The van der Waals surface area contributed by atoms with Gasteiger partial charge in [-0.15, -0.1) is 11.3 Å². The summed E-state index contributed by atoms with van der Waals surface area (Å²) in [6, 6.07) is 0. The third-order valence-electron chi connectivity index (χ3n) is 3.06. The number of ketones is 1. The van der Waals surface area contributed by atoms with Crippen LogP contribution in [0.4, 0.5) is 10.7 Å². The van der Waals surface area contributed by atoms with Crippen LogP contribution in [-0.2, 0) is 14.6 Å². The number of hydrogen-bond donors (Lipinski definition) is 1. The van der Waals surface area contributed by atoms with Crippen LogP contribution in [0.15, 0.2) is 4.90 Å². The van der Waals surface area contributed by atoms with Crippen LogP contribution in [0.1, 0.15) is 29.9 Å². The zero-order valence-corrected chi connectivity index (χ0v) is 14.4. The van der Waals surface area contributed by atoms with Crippen LogP contribution in [0.25, 0.3) is 0 Å². The molecule has 1 aromatic rings. The summed E-state index contributed by atoms with van der Waals surface area (Å²) in [5, 5.41) is 0.520. The highest BCUT2D eigenvalue weighted by molar-refractivity contribution is 7.91. The van der Waals surface area contributed by atoms with Gasteiger partial charge in [0.1, 0.15) is 9.90 Å². The van der Waals surface area contributed by atoms with Crippen molar-refractivity contribution in [3.63, 3.8) is 0 Å². The second-order valence-electron chi connectivity index (χ2n) is 4.60. The number of methoxy groups -OCH3 is 1. The van der Waals surface area contributed by atoms with E-state index in [0.29, 0.717) is 29.6 Å². The second-order valence-corrected chi connectivity index (χ2v) is 7.55. The van der Waals surface area contributed by atoms with E-state index < -0.39 is 9.84 Å². The molecule has 2 N–H and O–H groups in total. The van der Waals surface area contributed by atoms with E-state index in [2.05, 4.69) is 0 Å². The first kappa shape index (κ1) is 17.9. The quantitative estimate of drug-likeness (QED) is 0.729. The Morgan fingerprint density at radius 3 is 2.43 bits per heavy atom. The molecular weight excluding hydrogens is 312 g/mol. The molecule has 0 aromatic carbocycles. The molecule has 0 saturated heterocycles. The second kappa shape index (κ2) is 7.24. The third-order valence-corrected chi connectivity index (χ3v) is 5.65. The maximum atomic E-state index is 12.1. The number of sulfone groups is 1. The topological polar surface area (TPSA) is 89.7 Å². The van der Waals surface area contributed by atoms with Crippen molar-refractivity contribution in [2.75, 3.05) is 43.7 Å². The predicted octanol–water partition coefficient (Wildman–Crippen LogP) is 1.80. The van der Waals surface area contributed by atoms with Crippen molar-refractivity contribution in [3.8, 4) is 0 Å². The van der Waals surface area contributed by atoms with Crippen LogP contribution in [0.5, 0.6) is 0 Å². The van der Waals surface area contributed by atoms with Crippen LogP contribution in [0, 0.1) is 0 Å². The highest BCUT2D eigenvalue weighted by Gasteiger charge is 2.28. The lowest BCUT2D eigenvalue weighted by molar-refractivity contribution is 0.0992. The monoisotopic (exact) mass is 334 g/mol. The van der Waals surface area contributed by atoms with Gasteiger partial charge in [-0.05, 0) is 6.92 Å². The minimum absolute atomic E-state index is 0.0576. The lowest BCUT2D eigenvalue weighted by atomic mass is 10.2. The zero-order valence-electron chi connectivity index (χ0n) is 12.8. The van der Waals surface area contributed by atoms with Gasteiger partial charge in [0.15, 0.2) is 15.6 Å². The number of Topliss-reactive ketones (excluding diaryl/α,β-unsaturated/α-hetero) is 1. The van der Waals surface area contributed by atoms with Gasteiger partial charge in [-0.2, -0.15) is 0 Å². The van der Waals surface area contributed by atoms with E-state index in [9.17, 15) is 13.2 Å². The number of ether oxygens (including phenoxy) is 1. The van der Waals surface area contributed by atoms with Crippen LogP contribution < -0.4 is 10.6 Å². The van der Waals surface area contributed by atoms with Gasteiger partial charge in [0.25, 0.3) is 0 Å². The van der Waals surface area contributed by atoms with Gasteiger partial charge in [-0.3, -0.25) is 4.79 Å². The predicted molar refractivity (Wildman–Crippen MR) is 86.2 cm³/mol. The van der Waals surface area contributed by atoms with E-state index in [1.165, 1.54) is 0 Å². The molecule has 1 aromatic heterocycles. The number of anilines is 2. The van der Waals surface area contributed by atoms with Crippen molar-refractivity contribution in [3.05, 3.63) is 4.88 Å². The Kier molecular flexibility index (Phi) is 6.18. The average molecular weight is 334 g/mol. The first-order chi connectivity index (χ1) is 9.77. The van der Waals surface area contributed by atoms with Crippen molar-refractivity contribution in [1.29, 1.82) is 0 Å². The normalized spacial score (nSPS) is 11.6.